The van der Waals surface area contributed by atoms with E-state index >= 15 is 0 Å². The third-order valence-electron chi connectivity index (χ3n) is 4.60. The molecule has 0 saturated carbocycles. The molecule has 0 aliphatic rings. The highest BCUT2D eigenvalue weighted by molar-refractivity contribution is 7.15. The van der Waals surface area contributed by atoms with Crippen LogP contribution < -0.4 is 5.32 Å². The summed E-state index contributed by atoms with van der Waals surface area (Å²) in [6, 6.07) is 16.4. The second-order valence-corrected chi connectivity index (χ2v) is 7.69. The second kappa shape index (κ2) is 10.0. The van der Waals surface area contributed by atoms with Crippen LogP contribution in [0.2, 0.25) is 0 Å². The number of carbonyl (C=O) groups is 3. The third kappa shape index (κ3) is 5.04. The summed E-state index contributed by atoms with van der Waals surface area (Å²) in [7, 11) is 0. The van der Waals surface area contributed by atoms with Crippen LogP contribution in [0.4, 0.5) is 5.00 Å². The number of aromatic nitrogens is 2. The Hall–Kier alpha value is -4.11. The number of amides is 1. The zero-order valence-electron chi connectivity index (χ0n) is 17.6. The molecule has 2 aromatic carbocycles. The van der Waals surface area contributed by atoms with Gasteiger partial charge in [-0.2, -0.15) is 0 Å². The first-order valence-corrected chi connectivity index (χ1v) is 11.0. The number of esters is 2. The first kappa shape index (κ1) is 22.1. The monoisotopic (exact) mass is 461 g/mol. The second-order valence-electron chi connectivity index (χ2n) is 6.81. The Labute approximate surface area is 193 Å². The number of nitrogens with zero attached hydrogens (tertiary/aromatic N) is 2. The summed E-state index contributed by atoms with van der Waals surface area (Å²) in [4.78, 5) is 45.7. The number of hydrogen-bond donors (Lipinski definition) is 1. The third-order valence-corrected chi connectivity index (χ3v) is 5.50. The lowest BCUT2D eigenvalue weighted by atomic mass is 10.0. The van der Waals surface area contributed by atoms with Gasteiger partial charge in [0.1, 0.15) is 10.6 Å². The topological polar surface area (TPSA) is 107 Å². The number of fused-ring (bicyclic) bond motifs is 1. The Morgan fingerprint density at radius 2 is 1.67 bits per heavy atom. The first-order valence-electron chi connectivity index (χ1n) is 10.1. The zero-order valence-corrected chi connectivity index (χ0v) is 18.4. The van der Waals surface area contributed by atoms with Gasteiger partial charge in [0.05, 0.1) is 23.8 Å². The standard InChI is InChI=1S/C24H19N3O5S/c1-2-31-24(30)21-16(15-8-4-3-5-9-15)14-33-22(21)27-20(28)13-32-23(29)19-12-25-17-10-6-7-11-18(17)26-19/h3-12,14H,2,13H2,1H3,(H,27,28). The molecule has 0 radical (unpaired) electrons. The van der Waals surface area contributed by atoms with E-state index in [0.717, 1.165) is 5.56 Å². The SMILES string of the molecule is CCOC(=O)c1c(-c2ccccc2)csc1NC(=O)COC(=O)c1cnc2ccccc2n1. The van der Waals surface area contributed by atoms with Gasteiger partial charge in [-0.25, -0.2) is 14.6 Å². The molecule has 9 heteroatoms. The van der Waals surface area contributed by atoms with Gasteiger partial charge >= 0.3 is 11.9 Å². The van der Waals surface area contributed by atoms with Gasteiger partial charge in [0.15, 0.2) is 12.3 Å². The van der Waals surface area contributed by atoms with E-state index in [1.807, 2.05) is 36.4 Å². The molecule has 33 heavy (non-hydrogen) atoms. The maximum Gasteiger partial charge on any atom is 0.359 e. The number of para-hydroxylation sites is 2. The minimum Gasteiger partial charge on any atom is -0.462 e. The molecule has 166 valence electrons. The van der Waals surface area contributed by atoms with Crippen LogP contribution in [0.25, 0.3) is 22.2 Å². The van der Waals surface area contributed by atoms with Crippen LogP contribution in [0.3, 0.4) is 0 Å². The summed E-state index contributed by atoms with van der Waals surface area (Å²) in [5.74, 6) is -1.91. The summed E-state index contributed by atoms with van der Waals surface area (Å²) < 4.78 is 10.3. The number of ether oxygens (including phenoxy) is 2. The van der Waals surface area contributed by atoms with Crippen LogP contribution in [-0.4, -0.2) is 41.0 Å². The molecule has 1 N–H and O–H groups in total. The van der Waals surface area contributed by atoms with Gasteiger partial charge in [0, 0.05) is 10.9 Å². The molecule has 0 spiro atoms. The average molecular weight is 461 g/mol. The van der Waals surface area contributed by atoms with Crippen molar-refractivity contribution >= 4 is 45.2 Å². The largest absolute Gasteiger partial charge is 0.462 e. The maximum atomic E-state index is 12.6. The Balaban J connectivity index is 1.47. The summed E-state index contributed by atoms with van der Waals surface area (Å²) >= 11 is 1.19. The van der Waals surface area contributed by atoms with Crippen molar-refractivity contribution in [1.29, 1.82) is 0 Å². The molecule has 2 heterocycles. The number of thiophene rings is 1. The highest BCUT2D eigenvalue weighted by Crippen LogP contribution is 2.36. The van der Waals surface area contributed by atoms with Crippen LogP contribution in [0.5, 0.6) is 0 Å². The van der Waals surface area contributed by atoms with Gasteiger partial charge < -0.3 is 14.8 Å². The molecule has 4 aromatic rings. The fourth-order valence-corrected chi connectivity index (χ4v) is 4.08. The van der Waals surface area contributed by atoms with Crippen molar-refractivity contribution in [1.82, 2.24) is 9.97 Å². The Kier molecular flexibility index (Phi) is 6.70. The number of hydrogen-bond acceptors (Lipinski definition) is 8. The van der Waals surface area contributed by atoms with E-state index < -0.39 is 24.5 Å². The summed E-state index contributed by atoms with van der Waals surface area (Å²) in [5, 5.41) is 4.73. The molecule has 0 bridgehead atoms. The van der Waals surface area contributed by atoms with Crippen LogP contribution in [0.1, 0.15) is 27.8 Å². The van der Waals surface area contributed by atoms with Crippen molar-refractivity contribution in [2.75, 3.05) is 18.5 Å². The van der Waals surface area contributed by atoms with E-state index in [9.17, 15) is 14.4 Å². The highest BCUT2D eigenvalue weighted by atomic mass is 32.1. The predicted octanol–water partition coefficient (Wildman–Crippen LogP) is 4.33. The Bertz CT molecular complexity index is 1320. The van der Waals surface area contributed by atoms with E-state index in [1.54, 1.807) is 30.5 Å². The predicted molar refractivity (Wildman–Crippen MR) is 124 cm³/mol. The minimum absolute atomic E-state index is 0.00352. The molecule has 4 rings (SSSR count). The van der Waals surface area contributed by atoms with Gasteiger partial charge in [-0.1, -0.05) is 42.5 Å². The number of rotatable bonds is 7. The fraction of sp³-hybridized carbons (Fsp3) is 0.125. The molecule has 0 aliphatic heterocycles. The van der Waals surface area contributed by atoms with Gasteiger partial charge in [-0.3, -0.25) is 9.78 Å². The smallest absolute Gasteiger partial charge is 0.359 e. The van der Waals surface area contributed by atoms with Crippen molar-refractivity contribution in [3.8, 4) is 11.1 Å². The van der Waals surface area contributed by atoms with Gasteiger partial charge in [0.25, 0.3) is 5.91 Å². The molecule has 0 saturated heterocycles. The van der Waals surface area contributed by atoms with E-state index in [2.05, 4.69) is 15.3 Å². The quantitative estimate of drug-likeness (QED) is 0.408. The normalized spacial score (nSPS) is 10.6. The summed E-state index contributed by atoms with van der Waals surface area (Å²) in [6.07, 6.45) is 1.30. The van der Waals surface area contributed by atoms with Crippen molar-refractivity contribution < 1.29 is 23.9 Å². The fourth-order valence-electron chi connectivity index (χ4n) is 3.11. The summed E-state index contributed by atoms with van der Waals surface area (Å²) in [6.45, 7) is 1.36. The highest BCUT2D eigenvalue weighted by Gasteiger charge is 2.23. The molecular formula is C24H19N3O5S. The van der Waals surface area contributed by atoms with E-state index in [0.29, 0.717) is 21.6 Å². The van der Waals surface area contributed by atoms with Crippen molar-refractivity contribution in [2.24, 2.45) is 0 Å². The molecule has 1 amide bonds. The van der Waals surface area contributed by atoms with Crippen molar-refractivity contribution in [3.05, 3.63) is 77.4 Å². The number of carbonyl (C=O) groups excluding carboxylic acids is 3. The van der Waals surface area contributed by atoms with Crippen LogP contribution in [0.15, 0.2) is 66.2 Å². The number of anilines is 1. The molecular weight excluding hydrogens is 442 g/mol. The van der Waals surface area contributed by atoms with E-state index in [-0.39, 0.29) is 17.9 Å². The molecule has 2 aromatic heterocycles. The van der Waals surface area contributed by atoms with Crippen LogP contribution in [0, 0.1) is 0 Å². The zero-order chi connectivity index (χ0) is 23.2. The lowest BCUT2D eigenvalue weighted by Gasteiger charge is -2.09. The maximum absolute atomic E-state index is 12.6. The van der Waals surface area contributed by atoms with Crippen LogP contribution >= 0.6 is 11.3 Å². The first-order chi connectivity index (χ1) is 16.1. The van der Waals surface area contributed by atoms with Crippen molar-refractivity contribution in [3.63, 3.8) is 0 Å². The molecule has 0 atom stereocenters. The number of benzene rings is 2. The Morgan fingerprint density at radius 3 is 2.42 bits per heavy atom. The van der Waals surface area contributed by atoms with E-state index in [4.69, 9.17) is 9.47 Å². The van der Waals surface area contributed by atoms with Gasteiger partial charge in [-0.05, 0) is 24.6 Å². The van der Waals surface area contributed by atoms with Crippen LogP contribution in [-0.2, 0) is 14.3 Å². The average Bonchev–Trinajstić information content (AvgIpc) is 3.26. The molecule has 0 unspecified atom stereocenters. The molecule has 0 fully saturated rings. The molecule has 0 aliphatic carbocycles. The van der Waals surface area contributed by atoms with Crippen molar-refractivity contribution in [2.45, 2.75) is 6.92 Å². The Morgan fingerprint density at radius 1 is 0.939 bits per heavy atom. The lowest BCUT2D eigenvalue weighted by molar-refractivity contribution is -0.119. The molecule has 8 nitrogen and oxygen atoms in total. The minimum atomic E-state index is -0.773. The van der Waals surface area contributed by atoms with Gasteiger partial charge in [-0.15, -0.1) is 11.3 Å². The van der Waals surface area contributed by atoms with E-state index in [1.165, 1.54) is 17.5 Å². The lowest BCUT2D eigenvalue weighted by Crippen LogP contribution is -2.22. The summed E-state index contributed by atoms with van der Waals surface area (Å²) in [5.41, 5.74) is 2.91. The number of nitrogens with one attached hydrogen (secondary N) is 1. The van der Waals surface area contributed by atoms with Gasteiger partial charge in [0.2, 0.25) is 0 Å².